The first kappa shape index (κ1) is 18.2. The van der Waals surface area contributed by atoms with E-state index in [9.17, 15) is 8.42 Å². The van der Waals surface area contributed by atoms with Gasteiger partial charge in [0.1, 0.15) is 0 Å². The van der Waals surface area contributed by atoms with Crippen molar-refractivity contribution in [2.24, 2.45) is 0 Å². The van der Waals surface area contributed by atoms with Crippen LogP contribution in [0, 0.1) is 6.92 Å². The van der Waals surface area contributed by atoms with Gasteiger partial charge in [0.2, 0.25) is 0 Å². The fourth-order valence-corrected chi connectivity index (χ4v) is 4.60. The van der Waals surface area contributed by atoms with Gasteiger partial charge in [-0.05, 0) is 19.8 Å². The molecule has 1 saturated heterocycles. The van der Waals surface area contributed by atoms with Crippen molar-refractivity contribution in [3.63, 3.8) is 0 Å². The molecule has 0 aliphatic carbocycles. The molecule has 0 radical (unpaired) electrons. The normalized spacial score (nSPS) is 17.1. The molecule has 1 aliphatic heterocycles. The maximum Gasteiger partial charge on any atom is 0.281 e. The molecule has 1 aliphatic rings. The van der Waals surface area contributed by atoms with Crippen LogP contribution in [0.3, 0.4) is 0 Å². The van der Waals surface area contributed by atoms with Crippen LogP contribution in [0.25, 0.3) is 0 Å². The highest BCUT2D eigenvalue weighted by molar-refractivity contribution is 7.86. The zero-order valence-electron chi connectivity index (χ0n) is 14.5. The first-order valence-electron chi connectivity index (χ1n) is 8.05. The zero-order valence-corrected chi connectivity index (χ0v) is 16.1. The Bertz CT molecular complexity index is 828. The highest BCUT2D eigenvalue weighted by Gasteiger charge is 2.30. The van der Waals surface area contributed by atoms with Crippen LogP contribution < -0.4 is 5.32 Å². The van der Waals surface area contributed by atoms with Crippen molar-refractivity contribution in [3.05, 3.63) is 29.2 Å². The summed E-state index contributed by atoms with van der Waals surface area (Å²) < 4.78 is 27.2. The van der Waals surface area contributed by atoms with Crippen molar-refractivity contribution in [2.45, 2.75) is 25.7 Å². The fraction of sp³-hybridized carbons (Fsp3) is 0.533. The maximum atomic E-state index is 12.2. The third-order valence-electron chi connectivity index (χ3n) is 4.17. The lowest BCUT2D eigenvalue weighted by atomic mass is 9.95. The third-order valence-corrected chi connectivity index (χ3v) is 6.98. The average molecular weight is 383 g/mol. The molecule has 10 heteroatoms. The molecule has 25 heavy (non-hydrogen) atoms. The summed E-state index contributed by atoms with van der Waals surface area (Å²) in [5, 5.41) is 5.93. The second-order valence-corrected chi connectivity index (χ2v) is 9.21. The van der Waals surface area contributed by atoms with Crippen molar-refractivity contribution in [1.82, 2.24) is 23.6 Å². The Morgan fingerprint density at radius 2 is 1.96 bits per heavy atom. The number of piperidine rings is 1. The first-order chi connectivity index (χ1) is 11.9. The van der Waals surface area contributed by atoms with Crippen molar-refractivity contribution < 1.29 is 8.42 Å². The smallest absolute Gasteiger partial charge is 0.281 e. The van der Waals surface area contributed by atoms with Gasteiger partial charge >= 0.3 is 0 Å². The summed E-state index contributed by atoms with van der Waals surface area (Å²) in [6, 6.07) is 0. The molecule has 2 aromatic heterocycles. The molecule has 136 valence electrons. The van der Waals surface area contributed by atoms with Crippen LogP contribution in [0.2, 0.25) is 0 Å². The molecule has 3 rings (SSSR count). The molecule has 1 N–H and O–H groups in total. The number of aryl methyl sites for hydroxylation is 1. The number of nitrogens with zero attached hydrogens (tertiary/aromatic N) is 5. The molecule has 0 saturated carbocycles. The van der Waals surface area contributed by atoms with E-state index in [4.69, 9.17) is 0 Å². The molecule has 8 nitrogen and oxygen atoms in total. The molecule has 1 fully saturated rings. The summed E-state index contributed by atoms with van der Waals surface area (Å²) in [4.78, 5) is 13.3. The number of nitrogens with one attached hydrogen (secondary N) is 1. The molecular formula is C15H22N6O2S2. The summed E-state index contributed by atoms with van der Waals surface area (Å²) in [5.74, 6) is 0.871. The van der Waals surface area contributed by atoms with E-state index >= 15 is 0 Å². The van der Waals surface area contributed by atoms with E-state index in [1.165, 1.54) is 19.9 Å². The van der Waals surface area contributed by atoms with Gasteiger partial charge in [0.25, 0.3) is 10.2 Å². The highest BCUT2D eigenvalue weighted by atomic mass is 32.2. The van der Waals surface area contributed by atoms with Crippen molar-refractivity contribution in [1.29, 1.82) is 0 Å². The van der Waals surface area contributed by atoms with Crippen LogP contribution in [0.4, 0.5) is 10.9 Å². The van der Waals surface area contributed by atoms with Crippen molar-refractivity contribution in [2.75, 3.05) is 32.5 Å². The third kappa shape index (κ3) is 4.14. The van der Waals surface area contributed by atoms with Gasteiger partial charge in [0.15, 0.2) is 10.9 Å². The zero-order chi connectivity index (χ0) is 18.0. The summed E-state index contributed by atoms with van der Waals surface area (Å²) in [7, 11) is -0.225. The maximum absolute atomic E-state index is 12.2. The topological polar surface area (TPSA) is 91.3 Å². The van der Waals surface area contributed by atoms with Gasteiger partial charge < -0.3 is 5.32 Å². The van der Waals surface area contributed by atoms with Gasteiger partial charge in [-0.25, -0.2) is 9.97 Å². The monoisotopic (exact) mass is 382 g/mol. The van der Waals surface area contributed by atoms with E-state index in [2.05, 4.69) is 20.3 Å². The Morgan fingerprint density at radius 3 is 2.56 bits per heavy atom. The van der Waals surface area contributed by atoms with Gasteiger partial charge in [0, 0.05) is 44.7 Å². The van der Waals surface area contributed by atoms with Gasteiger partial charge in [-0.1, -0.05) is 0 Å². The lowest BCUT2D eigenvalue weighted by molar-refractivity contribution is 0.300. The molecule has 0 amide bonds. The number of rotatable bonds is 5. The van der Waals surface area contributed by atoms with E-state index in [0.29, 0.717) is 18.9 Å². The number of hydrogen-bond donors (Lipinski definition) is 1. The molecule has 0 aromatic carbocycles. The van der Waals surface area contributed by atoms with Crippen LogP contribution in [-0.2, 0) is 10.2 Å². The lowest BCUT2D eigenvalue weighted by Gasteiger charge is -2.32. The number of anilines is 2. The summed E-state index contributed by atoms with van der Waals surface area (Å²) in [6.07, 6.45) is 4.91. The Hall–Kier alpha value is -1.62. The van der Waals surface area contributed by atoms with Crippen molar-refractivity contribution >= 4 is 32.5 Å². The quantitative estimate of drug-likeness (QED) is 0.850. The van der Waals surface area contributed by atoms with Gasteiger partial charge in [-0.2, -0.15) is 17.0 Å². The fourth-order valence-electron chi connectivity index (χ4n) is 2.77. The van der Waals surface area contributed by atoms with Crippen LogP contribution in [0.5, 0.6) is 0 Å². The Labute approximate surface area is 152 Å². The molecule has 0 unspecified atom stereocenters. The number of hydrogen-bond acceptors (Lipinski definition) is 7. The van der Waals surface area contributed by atoms with E-state index in [0.717, 1.165) is 29.4 Å². The minimum atomic E-state index is -3.34. The largest absolute Gasteiger partial charge is 0.315 e. The summed E-state index contributed by atoms with van der Waals surface area (Å²) >= 11 is 1.52. The Morgan fingerprint density at radius 1 is 1.24 bits per heavy atom. The molecule has 0 atom stereocenters. The van der Waals surface area contributed by atoms with Crippen LogP contribution in [0.1, 0.15) is 30.1 Å². The molecule has 3 heterocycles. The van der Waals surface area contributed by atoms with E-state index in [1.54, 1.807) is 26.5 Å². The lowest BCUT2D eigenvalue weighted by Crippen LogP contribution is -2.44. The molecule has 0 spiro atoms. The molecule has 2 aromatic rings. The van der Waals surface area contributed by atoms with E-state index in [-0.39, 0.29) is 5.92 Å². The van der Waals surface area contributed by atoms with E-state index < -0.39 is 10.2 Å². The van der Waals surface area contributed by atoms with Crippen LogP contribution in [0.15, 0.2) is 17.8 Å². The standard InChI is InChI=1S/C15H22N6O2S2/c1-11-10-24-15(17-11)19-14-9-16-8-13(18-14)12-4-6-21(7-5-12)25(22,23)20(2)3/h8-10,12H,4-7H2,1-3H3,(H,17,18,19). The van der Waals surface area contributed by atoms with Gasteiger partial charge in [-0.3, -0.25) is 4.98 Å². The number of aromatic nitrogens is 3. The SMILES string of the molecule is Cc1csc(Nc2cncc(C3CCN(S(=O)(=O)N(C)C)CC3)n2)n1. The number of thiazole rings is 1. The minimum Gasteiger partial charge on any atom is -0.315 e. The molecular weight excluding hydrogens is 360 g/mol. The second kappa shape index (κ2) is 7.32. The second-order valence-electron chi connectivity index (χ2n) is 6.21. The van der Waals surface area contributed by atoms with Crippen LogP contribution in [-0.4, -0.2) is 59.2 Å². The minimum absolute atomic E-state index is 0.209. The van der Waals surface area contributed by atoms with Gasteiger partial charge in [0.05, 0.1) is 17.6 Å². The summed E-state index contributed by atoms with van der Waals surface area (Å²) in [6.45, 7) is 2.94. The van der Waals surface area contributed by atoms with Crippen LogP contribution >= 0.6 is 11.3 Å². The van der Waals surface area contributed by atoms with Crippen molar-refractivity contribution in [3.8, 4) is 0 Å². The Balaban J connectivity index is 1.67. The first-order valence-corrected chi connectivity index (χ1v) is 10.3. The van der Waals surface area contributed by atoms with Gasteiger partial charge in [-0.15, -0.1) is 11.3 Å². The Kier molecular flexibility index (Phi) is 5.32. The predicted octanol–water partition coefficient (Wildman–Crippen LogP) is 1.97. The molecule has 0 bridgehead atoms. The summed E-state index contributed by atoms with van der Waals surface area (Å²) in [5.41, 5.74) is 1.85. The average Bonchev–Trinajstić information content (AvgIpc) is 3.00. The highest BCUT2D eigenvalue weighted by Crippen LogP contribution is 2.29. The van der Waals surface area contributed by atoms with E-state index in [1.807, 2.05) is 12.3 Å². The predicted molar refractivity (Wildman–Crippen MR) is 98.3 cm³/mol.